The molecule has 4 rings (SSSR count). The number of benzene rings is 2. The van der Waals surface area contributed by atoms with E-state index in [0.29, 0.717) is 36.3 Å². The van der Waals surface area contributed by atoms with Gasteiger partial charge in [0.25, 0.3) is 5.69 Å². The van der Waals surface area contributed by atoms with E-state index < -0.39 is 17.1 Å². The lowest BCUT2D eigenvalue weighted by molar-refractivity contribution is -0.384. The van der Waals surface area contributed by atoms with Gasteiger partial charge in [-0.25, -0.2) is 4.98 Å². The summed E-state index contributed by atoms with van der Waals surface area (Å²) in [6.07, 6.45) is 7.40. The zero-order valence-corrected chi connectivity index (χ0v) is 19.2. The van der Waals surface area contributed by atoms with Crippen LogP contribution < -0.4 is 5.32 Å². The quantitative estimate of drug-likeness (QED) is 0.312. The van der Waals surface area contributed by atoms with Gasteiger partial charge in [-0.3, -0.25) is 14.9 Å². The Kier molecular flexibility index (Phi) is 7.90. The second kappa shape index (κ2) is 11.2. The first-order valence-electron chi connectivity index (χ1n) is 12.1. The molecule has 180 valence electrons. The largest absolute Gasteiger partial charge is 0.438 e. The predicted molar refractivity (Wildman–Crippen MR) is 128 cm³/mol. The fraction of sp³-hybridized carbons (Fsp3) is 0.462. The predicted octanol–water partition coefficient (Wildman–Crippen LogP) is 5.25. The SMILES string of the molecule is O=C(CCC1CCCCC1)N[C@@H](CCc1ccccc1)C(O)c1nc2cc([N+](=O)[O-])ccc2o1. The number of hydrogen-bond donors (Lipinski definition) is 2. The maximum atomic E-state index is 12.8. The lowest BCUT2D eigenvalue weighted by Gasteiger charge is -2.24. The van der Waals surface area contributed by atoms with Crippen molar-refractivity contribution in [1.29, 1.82) is 0 Å². The van der Waals surface area contributed by atoms with Gasteiger partial charge in [-0.15, -0.1) is 0 Å². The first-order chi connectivity index (χ1) is 16.5. The van der Waals surface area contributed by atoms with Crippen LogP contribution in [0.4, 0.5) is 5.69 Å². The lowest BCUT2D eigenvalue weighted by Crippen LogP contribution is -2.40. The summed E-state index contributed by atoms with van der Waals surface area (Å²) in [7, 11) is 0. The number of hydrogen-bond acceptors (Lipinski definition) is 6. The lowest BCUT2D eigenvalue weighted by atomic mass is 9.86. The molecule has 1 saturated carbocycles. The molecule has 1 fully saturated rings. The number of aryl methyl sites for hydroxylation is 1. The van der Waals surface area contributed by atoms with Crippen molar-refractivity contribution in [2.75, 3.05) is 0 Å². The first kappa shape index (κ1) is 23.9. The van der Waals surface area contributed by atoms with Crippen LogP contribution in [0.2, 0.25) is 0 Å². The molecule has 1 unspecified atom stereocenters. The van der Waals surface area contributed by atoms with E-state index in [4.69, 9.17) is 4.42 Å². The molecule has 0 saturated heterocycles. The number of carbonyl (C=O) groups excluding carboxylic acids is 1. The van der Waals surface area contributed by atoms with Gasteiger partial charge in [0.15, 0.2) is 11.7 Å². The van der Waals surface area contributed by atoms with E-state index in [1.165, 1.54) is 50.3 Å². The number of nitro groups is 1. The monoisotopic (exact) mass is 465 g/mol. The molecular formula is C26H31N3O5. The van der Waals surface area contributed by atoms with E-state index in [1.807, 2.05) is 30.3 Å². The number of nitrogens with one attached hydrogen (secondary N) is 1. The van der Waals surface area contributed by atoms with Gasteiger partial charge in [-0.05, 0) is 36.8 Å². The standard InChI is InChI=1S/C26H31N3O5/c30-24(16-12-19-9-5-2-6-10-19)27-21(14-11-18-7-3-1-4-8-18)25(31)26-28-22-17-20(29(32)33)13-15-23(22)34-26/h1,3-4,7-8,13,15,17,19,21,25,31H,2,5-6,9-12,14,16H2,(H,27,30)/t21-,25?/m0/s1. The minimum Gasteiger partial charge on any atom is -0.438 e. The average molecular weight is 466 g/mol. The molecule has 1 amide bonds. The average Bonchev–Trinajstić information content (AvgIpc) is 3.29. The van der Waals surface area contributed by atoms with Crippen LogP contribution in [0.5, 0.6) is 0 Å². The number of nitrogens with zero attached hydrogens (tertiary/aromatic N) is 2. The van der Waals surface area contributed by atoms with E-state index in [0.717, 1.165) is 12.0 Å². The second-order valence-corrected chi connectivity index (χ2v) is 9.15. The van der Waals surface area contributed by atoms with Gasteiger partial charge in [0.1, 0.15) is 5.52 Å². The van der Waals surface area contributed by atoms with Crippen LogP contribution in [0, 0.1) is 16.0 Å². The molecule has 1 aromatic heterocycles. The van der Waals surface area contributed by atoms with Crippen molar-refractivity contribution in [1.82, 2.24) is 10.3 Å². The fourth-order valence-electron chi connectivity index (χ4n) is 4.71. The number of aromatic nitrogens is 1. The fourth-order valence-corrected chi connectivity index (χ4v) is 4.71. The van der Waals surface area contributed by atoms with E-state index in [2.05, 4.69) is 10.3 Å². The summed E-state index contributed by atoms with van der Waals surface area (Å²) < 4.78 is 5.70. The Morgan fingerprint density at radius 1 is 1.18 bits per heavy atom. The van der Waals surface area contributed by atoms with Crippen molar-refractivity contribution >= 4 is 22.7 Å². The number of aliphatic hydroxyl groups is 1. The second-order valence-electron chi connectivity index (χ2n) is 9.15. The highest BCUT2D eigenvalue weighted by Gasteiger charge is 2.28. The summed E-state index contributed by atoms with van der Waals surface area (Å²) in [4.78, 5) is 27.6. The number of oxazole rings is 1. The summed E-state index contributed by atoms with van der Waals surface area (Å²) in [5.74, 6) is 0.551. The molecule has 2 atom stereocenters. The van der Waals surface area contributed by atoms with Crippen molar-refractivity contribution in [3.05, 3.63) is 70.1 Å². The highest BCUT2D eigenvalue weighted by atomic mass is 16.6. The number of nitro benzene ring substituents is 1. The molecule has 0 aliphatic heterocycles. The molecule has 0 radical (unpaired) electrons. The van der Waals surface area contributed by atoms with Crippen LogP contribution in [-0.2, 0) is 11.2 Å². The highest BCUT2D eigenvalue weighted by molar-refractivity contribution is 5.77. The third-order valence-electron chi connectivity index (χ3n) is 6.67. The van der Waals surface area contributed by atoms with Crippen molar-refractivity contribution in [2.45, 2.75) is 69.9 Å². The zero-order valence-electron chi connectivity index (χ0n) is 19.2. The third-order valence-corrected chi connectivity index (χ3v) is 6.67. The molecule has 1 aliphatic rings. The maximum Gasteiger partial charge on any atom is 0.271 e. The van der Waals surface area contributed by atoms with E-state index >= 15 is 0 Å². The summed E-state index contributed by atoms with van der Waals surface area (Å²) >= 11 is 0. The Hall–Kier alpha value is -3.26. The summed E-state index contributed by atoms with van der Waals surface area (Å²) in [6, 6.07) is 13.4. The third kappa shape index (κ3) is 6.20. The van der Waals surface area contributed by atoms with Crippen LogP contribution in [0.15, 0.2) is 52.9 Å². The zero-order chi connectivity index (χ0) is 23.9. The molecule has 2 N–H and O–H groups in total. The Morgan fingerprint density at radius 3 is 2.68 bits per heavy atom. The van der Waals surface area contributed by atoms with Crippen molar-refractivity contribution in [3.63, 3.8) is 0 Å². The minimum atomic E-state index is -1.17. The Balaban J connectivity index is 1.47. The minimum absolute atomic E-state index is 0.0427. The van der Waals surface area contributed by atoms with Crippen LogP contribution in [-0.4, -0.2) is 27.0 Å². The normalized spacial score (nSPS) is 16.3. The number of carbonyl (C=O) groups is 1. The van der Waals surface area contributed by atoms with E-state index in [1.54, 1.807) is 0 Å². The molecule has 8 nitrogen and oxygen atoms in total. The van der Waals surface area contributed by atoms with Gasteiger partial charge in [-0.2, -0.15) is 0 Å². The molecule has 1 heterocycles. The smallest absolute Gasteiger partial charge is 0.271 e. The number of amides is 1. The van der Waals surface area contributed by atoms with Gasteiger partial charge in [0.05, 0.1) is 11.0 Å². The summed E-state index contributed by atoms with van der Waals surface area (Å²) in [5.41, 5.74) is 1.65. The molecule has 0 spiro atoms. The Morgan fingerprint density at radius 2 is 1.94 bits per heavy atom. The number of rotatable bonds is 10. The summed E-state index contributed by atoms with van der Waals surface area (Å²) in [5, 5.41) is 25.2. The topological polar surface area (TPSA) is 119 Å². The first-order valence-corrected chi connectivity index (χ1v) is 12.1. The van der Waals surface area contributed by atoms with Gasteiger partial charge in [0, 0.05) is 18.6 Å². The number of aliphatic hydroxyl groups excluding tert-OH is 1. The van der Waals surface area contributed by atoms with Crippen molar-refractivity contribution in [3.8, 4) is 0 Å². The van der Waals surface area contributed by atoms with Crippen LogP contribution in [0.1, 0.15) is 68.9 Å². The van der Waals surface area contributed by atoms with Crippen LogP contribution >= 0.6 is 0 Å². The van der Waals surface area contributed by atoms with Gasteiger partial charge >= 0.3 is 0 Å². The molecular weight excluding hydrogens is 434 g/mol. The van der Waals surface area contributed by atoms with E-state index in [-0.39, 0.29) is 17.5 Å². The number of fused-ring (bicyclic) bond motifs is 1. The van der Waals surface area contributed by atoms with Crippen molar-refractivity contribution < 1.29 is 19.2 Å². The van der Waals surface area contributed by atoms with Crippen LogP contribution in [0.25, 0.3) is 11.1 Å². The molecule has 2 aromatic carbocycles. The van der Waals surface area contributed by atoms with Crippen molar-refractivity contribution in [2.24, 2.45) is 5.92 Å². The van der Waals surface area contributed by atoms with E-state index in [9.17, 15) is 20.0 Å². The molecule has 8 heteroatoms. The molecule has 0 bridgehead atoms. The van der Waals surface area contributed by atoms with Gasteiger partial charge in [0.2, 0.25) is 11.8 Å². The van der Waals surface area contributed by atoms with Crippen LogP contribution in [0.3, 0.4) is 0 Å². The summed E-state index contributed by atoms with van der Waals surface area (Å²) in [6.45, 7) is 0. The Labute approximate surface area is 198 Å². The molecule has 34 heavy (non-hydrogen) atoms. The molecule has 3 aromatic rings. The van der Waals surface area contributed by atoms with Gasteiger partial charge in [-0.1, -0.05) is 62.4 Å². The van der Waals surface area contributed by atoms with Gasteiger partial charge < -0.3 is 14.8 Å². The highest BCUT2D eigenvalue weighted by Crippen LogP contribution is 2.29. The molecule has 1 aliphatic carbocycles. The number of non-ortho nitro benzene ring substituents is 1. The Bertz CT molecular complexity index is 1110. The maximum absolute atomic E-state index is 12.8.